The minimum atomic E-state index is -0.565. The molecule has 2 amide bonds. The Balaban J connectivity index is 1.98. The number of likely N-dealkylation sites (N-methyl/N-ethyl adjacent to an activating group) is 1. The van der Waals surface area contributed by atoms with Crippen LogP contribution in [0.3, 0.4) is 0 Å². The molecule has 0 aromatic heterocycles. The third-order valence-electron chi connectivity index (χ3n) is 5.24. The van der Waals surface area contributed by atoms with Crippen LogP contribution in [0.25, 0.3) is 0 Å². The van der Waals surface area contributed by atoms with E-state index in [2.05, 4.69) is 29.7 Å². The summed E-state index contributed by atoms with van der Waals surface area (Å²) in [7, 11) is 1.94. The van der Waals surface area contributed by atoms with E-state index in [1.165, 1.54) is 5.56 Å². The Hall–Kier alpha value is -3.28. The first kappa shape index (κ1) is 21.4. The van der Waals surface area contributed by atoms with Crippen LogP contribution in [0.2, 0.25) is 0 Å². The van der Waals surface area contributed by atoms with Crippen molar-refractivity contribution in [1.82, 2.24) is 10.6 Å². The summed E-state index contributed by atoms with van der Waals surface area (Å²) in [6.07, 6.45) is 0.974. The van der Waals surface area contributed by atoms with Crippen LogP contribution in [0, 0.1) is 6.92 Å². The zero-order chi connectivity index (χ0) is 21.7. The fourth-order valence-electron chi connectivity index (χ4n) is 3.52. The van der Waals surface area contributed by atoms with Gasteiger partial charge in [0.05, 0.1) is 30.5 Å². The van der Waals surface area contributed by atoms with Crippen molar-refractivity contribution in [3.63, 3.8) is 0 Å². The lowest BCUT2D eigenvalue weighted by molar-refractivity contribution is -0.139. The van der Waals surface area contributed by atoms with Crippen molar-refractivity contribution in [2.75, 3.05) is 25.1 Å². The highest BCUT2D eigenvalue weighted by Gasteiger charge is 2.34. The first-order valence-electron chi connectivity index (χ1n) is 10.3. The molecule has 1 aliphatic heterocycles. The fourth-order valence-corrected chi connectivity index (χ4v) is 3.52. The predicted molar refractivity (Wildman–Crippen MR) is 118 cm³/mol. The number of carbonyl (C=O) groups is 2. The summed E-state index contributed by atoms with van der Waals surface area (Å²) >= 11 is 0. The lowest BCUT2D eigenvalue weighted by Crippen LogP contribution is -2.48. The minimum absolute atomic E-state index is 0.262. The quantitative estimate of drug-likeness (QED) is 0.684. The SMILES string of the molecule is CCOC(=O)C1=C(CN(C)c2ccc(CC)cc2)NC(=O)NC1c1ccc(C)cc1. The molecule has 2 N–H and O–H groups in total. The number of hydrogen-bond donors (Lipinski definition) is 2. The molecule has 3 rings (SSSR count). The van der Waals surface area contributed by atoms with E-state index in [9.17, 15) is 9.59 Å². The standard InChI is InChI=1S/C24H29N3O3/c1-5-17-9-13-19(14-10-17)27(4)15-20-21(23(28)30-6-2)22(26-24(29)25-20)18-11-7-16(3)8-12-18/h7-14,22H,5-6,15H2,1-4H3,(H2,25,26,29). The Morgan fingerprint density at radius 2 is 1.73 bits per heavy atom. The monoisotopic (exact) mass is 407 g/mol. The number of urea groups is 1. The number of nitrogens with one attached hydrogen (secondary N) is 2. The maximum atomic E-state index is 12.9. The van der Waals surface area contributed by atoms with Crippen molar-refractivity contribution in [2.24, 2.45) is 0 Å². The number of nitrogens with zero attached hydrogens (tertiary/aromatic N) is 1. The largest absolute Gasteiger partial charge is 0.463 e. The molecule has 0 aliphatic carbocycles. The molecule has 1 unspecified atom stereocenters. The van der Waals surface area contributed by atoms with Gasteiger partial charge in [0.25, 0.3) is 0 Å². The second-order valence-corrected chi connectivity index (χ2v) is 7.43. The number of rotatable bonds is 7. The number of aryl methyl sites for hydroxylation is 2. The molecule has 0 radical (unpaired) electrons. The van der Waals surface area contributed by atoms with Gasteiger partial charge in [-0.05, 0) is 43.5 Å². The Bertz CT molecular complexity index is 933. The van der Waals surface area contributed by atoms with Gasteiger partial charge in [-0.3, -0.25) is 0 Å². The number of esters is 1. The number of benzene rings is 2. The van der Waals surface area contributed by atoms with Crippen LogP contribution in [0.15, 0.2) is 59.8 Å². The summed E-state index contributed by atoms with van der Waals surface area (Å²) in [6.45, 7) is 6.52. The normalized spacial score (nSPS) is 16.0. The van der Waals surface area contributed by atoms with Crippen LogP contribution in [-0.4, -0.2) is 32.2 Å². The molecule has 1 heterocycles. The highest BCUT2D eigenvalue weighted by atomic mass is 16.5. The maximum Gasteiger partial charge on any atom is 0.338 e. The number of ether oxygens (including phenoxy) is 1. The lowest BCUT2D eigenvalue weighted by atomic mass is 9.94. The summed E-state index contributed by atoms with van der Waals surface area (Å²) in [5, 5.41) is 5.70. The number of hydrogen-bond acceptors (Lipinski definition) is 4. The van der Waals surface area contributed by atoms with E-state index < -0.39 is 12.0 Å². The minimum Gasteiger partial charge on any atom is -0.463 e. The fraction of sp³-hybridized carbons (Fsp3) is 0.333. The smallest absolute Gasteiger partial charge is 0.338 e. The Morgan fingerprint density at radius 1 is 1.07 bits per heavy atom. The molecule has 0 fully saturated rings. The molecular formula is C24H29N3O3. The summed E-state index contributed by atoms with van der Waals surface area (Å²) in [5.41, 5.74) is 5.18. The molecule has 0 saturated heterocycles. The zero-order valence-electron chi connectivity index (χ0n) is 18.0. The molecule has 6 heteroatoms. The number of carbonyl (C=O) groups excluding carboxylic acids is 2. The number of amides is 2. The van der Waals surface area contributed by atoms with Gasteiger partial charge >= 0.3 is 12.0 Å². The van der Waals surface area contributed by atoms with E-state index in [1.807, 2.05) is 55.3 Å². The molecule has 30 heavy (non-hydrogen) atoms. The molecule has 0 spiro atoms. The Labute approximate surface area is 177 Å². The molecule has 2 aromatic rings. The summed E-state index contributed by atoms with van der Waals surface area (Å²) < 4.78 is 5.33. The van der Waals surface area contributed by atoms with E-state index in [4.69, 9.17) is 4.74 Å². The molecular weight excluding hydrogens is 378 g/mol. The first-order chi connectivity index (χ1) is 14.4. The van der Waals surface area contributed by atoms with Crippen LogP contribution < -0.4 is 15.5 Å². The first-order valence-corrected chi connectivity index (χ1v) is 10.3. The molecule has 1 atom stereocenters. The topological polar surface area (TPSA) is 70.7 Å². The Morgan fingerprint density at radius 3 is 2.33 bits per heavy atom. The molecule has 0 saturated carbocycles. The van der Waals surface area contributed by atoms with Gasteiger partial charge in [-0.1, -0.05) is 48.9 Å². The predicted octanol–water partition coefficient (Wildman–Crippen LogP) is 3.86. The average Bonchev–Trinajstić information content (AvgIpc) is 2.74. The van der Waals surface area contributed by atoms with Crippen LogP contribution in [0.4, 0.5) is 10.5 Å². The van der Waals surface area contributed by atoms with Crippen LogP contribution in [0.5, 0.6) is 0 Å². The summed E-state index contributed by atoms with van der Waals surface area (Å²) in [5.74, 6) is -0.430. The van der Waals surface area contributed by atoms with Crippen LogP contribution in [-0.2, 0) is 16.0 Å². The molecule has 0 bridgehead atoms. The molecule has 158 valence electrons. The van der Waals surface area contributed by atoms with Gasteiger partial charge in [0, 0.05) is 12.7 Å². The highest BCUT2D eigenvalue weighted by molar-refractivity contribution is 5.95. The van der Waals surface area contributed by atoms with Crippen molar-refractivity contribution < 1.29 is 14.3 Å². The van der Waals surface area contributed by atoms with E-state index in [0.29, 0.717) is 17.8 Å². The van der Waals surface area contributed by atoms with E-state index in [1.54, 1.807) is 6.92 Å². The van der Waals surface area contributed by atoms with Gasteiger partial charge in [0.2, 0.25) is 0 Å². The summed E-state index contributed by atoms with van der Waals surface area (Å²) in [4.78, 5) is 27.3. The van der Waals surface area contributed by atoms with Gasteiger partial charge in [-0.25, -0.2) is 9.59 Å². The van der Waals surface area contributed by atoms with Gasteiger partial charge in [-0.15, -0.1) is 0 Å². The highest BCUT2D eigenvalue weighted by Crippen LogP contribution is 2.29. The second kappa shape index (κ2) is 9.48. The van der Waals surface area contributed by atoms with Gasteiger partial charge in [0.1, 0.15) is 0 Å². The molecule has 6 nitrogen and oxygen atoms in total. The van der Waals surface area contributed by atoms with Crippen molar-refractivity contribution in [2.45, 2.75) is 33.2 Å². The summed E-state index contributed by atoms with van der Waals surface area (Å²) in [6, 6.07) is 15.1. The van der Waals surface area contributed by atoms with Gasteiger partial charge in [0.15, 0.2) is 0 Å². The van der Waals surface area contributed by atoms with Crippen molar-refractivity contribution in [1.29, 1.82) is 0 Å². The van der Waals surface area contributed by atoms with E-state index in [0.717, 1.165) is 23.2 Å². The maximum absolute atomic E-state index is 12.9. The zero-order valence-corrected chi connectivity index (χ0v) is 18.0. The number of anilines is 1. The molecule has 1 aliphatic rings. The average molecular weight is 408 g/mol. The third kappa shape index (κ3) is 4.82. The van der Waals surface area contributed by atoms with Crippen molar-refractivity contribution in [3.05, 3.63) is 76.5 Å². The lowest BCUT2D eigenvalue weighted by Gasteiger charge is -2.31. The van der Waals surface area contributed by atoms with Crippen molar-refractivity contribution in [3.8, 4) is 0 Å². The second-order valence-electron chi connectivity index (χ2n) is 7.43. The Kier molecular flexibility index (Phi) is 6.77. The van der Waals surface area contributed by atoms with E-state index >= 15 is 0 Å². The van der Waals surface area contributed by atoms with Crippen LogP contribution in [0.1, 0.15) is 36.6 Å². The van der Waals surface area contributed by atoms with Crippen LogP contribution >= 0.6 is 0 Å². The molecule has 2 aromatic carbocycles. The van der Waals surface area contributed by atoms with E-state index in [-0.39, 0.29) is 12.6 Å². The van der Waals surface area contributed by atoms with Crippen molar-refractivity contribution >= 4 is 17.7 Å². The van der Waals surface area contributed by atoms with Gasteiger partial charge in [-0.2, -0.15) is 0 Å². The van der Waals surface area contributed by atoms with Gasteiger partial charge < -0.3 is 20.3 Å². The third-order valence-corrected chi connectivity index (χ3v) is 5.24.